The Labute approximate surface area is 802 Å². The summed E-state index contributed by atoms with van der Waals surface area (Å²) in [6, 6.07) is 47.0. The molecule has 4 aliphatic rings. The summed E-state index contributed by atoms with van der Waals surface area (Å²) >= 11 is 12.7. The number of carboxylic acid groups (broad SMARTS) is 1. The summed E-state index contributed by atoms with van der Waals surface area (Å²) in [5.74, 6) is -4.60. The Hall–Kier alpha value is -14.6. The summed E-state index contributed by atoms with van der Waals surface area (Å²) in [7, 11) is 1.83. The Balaban J connectivity index is 0.000000141. The second-order valence-electron chi connectivity index (χ2n) is 36.0. The van der Waals surface area contributed by atoms with E-state index in [0.29, 0.717) is 123 Å². The number of morpholine rings is 1. The van der Waals surface area contributed by atoms with Gasteiger partial charge in [-0.05, 0) is 197 Å². The van der Waals surface area contributed by atoms with E-state index in [0.717, 1.165) is 91.3 Å². The highest BCUT2D eigenvalue weighted by atomic mass is 35.5. The zero-order valence-corrected chi connectivity index (χ0v) is 79.6. The number of esters is 3. The number of aryl methyl sites for hydroxylation is 2. The minimum Gasteiger partial charge on any atom is -0.619 e. The molecule has 0 saturated carbocycles. The number of carbonyl (C=O) groups is 7. The number of carbonyl (C=O) groups excluding carboxylic acids is 6. The van der Waals surface area contributed by atoms with Gasteiger partial charge in [-0.15, -0.1) is 0 Å². The third kappa shape index (κ3) is 21.2. The zero-order valence-electron chi connectivity index (χ0n) is 78.1. The molecule has 0 atom stereocenters. The predicted octanol–water partition coefficient (Wildman–Crippen LogP) is 20.9. The lowest BCUT2D eigenvalue weighted by atomic mass is 9.81. The van der Waals surface area contributed by atoms with Gasteiger partial charge in [0.25, 0.3) is 17.7 Å². The third-order valence-electron chi connectivity index (χ3n) is 24.0. The van der Waals surface area contributed by atoms with Crippen LogP contribution in [0, 0.1) is 35.4 Å². The molecule has 0 unspecified atom stereocenters. The smallest absolute Gasteiger partial charge is 0.342 e. The number of fused-ring (bicyclic) bond motifs is 10. The molecule has 14 aromatic rings. The Morgan fingerprint density at radius 3 is 1.70 bits per heavy atom. The molecular formula is C106H102Cl2F4N10O16. The van der Waals surface area contributed by atoms with E-state index in [2.05, 4.69) is 25.0 Å². The fraction of sp³-hybridized carbons (Fsp3) is 0.274. The van der Waals surface area contributed by atoms with E-state index in [4.69, 9.17) is 56.1 Å². The van der Waals surface area contributed by atoms with Crippen molar-refractivity contribution in [1.29, 1.82) is 0 Å². The summed E-state index contributed by atoms with van der Waals surface area (Å²) in [5.41, 5.74) is 12.9. The molecule has 714 valence electrons. The fourth-order valence-electron chi connectivity index (χ4n) is 17.6. The van der Waals surface area contributed by atoms with Gasteiger partial charge in [-0.1, -0.05) is 124 Å². The monoisotopic (exact) mass is 1920 g/mol. The normalized spacial score (nSPS) is 14.5. The van der Waals surface area contributed by atoms with Gasteiger partial charge < -0.3 is 77.5 Å². The van der Waals surface area contributed by atoms with Crippen molar-refractivity contribution in [2.45, 2.75) is 125 Å². The minimum absolute atomic E-state index is 0.0112. The second kappa shape index (κ2) is 41.1. The van der Waals surface area contributed by atoms with E-state index in [1.165, 1.54) is 77.1 Å². The number of amides is 3. The molecule has 0 aliphatic carbocycles. The third-order valence-corrected chi connectivity index (χ3v) is 24.5. The number of hydrogen-bond donors (Lipinski definition) is 4. The Morgan fingerprint density at radius 1 is 0.572 bits per heavy atom. The van der Waals surface area contributed by atoms with E-state index in [1.807, 2.05) is 145 Å². The van der Waals surface area contributed by atoms with Crippen molar-refractivity contribution in [3.63, 3.8) is 0 Å². The number of H-pyrrole nitrogens is 3. The lowest BCUT2D eigenvalue weighted by Gasteiger charge is -2.29. The SMILES string of the molecule is CC(C)OC(=O)C1=CN(C(=O)c2ccc(F)c(F)c2)CC(C)(C)c2c1[nH]c1ccccc21.CC(C)OC(=O)C1=CN(C(=O)c2ccc(OCN3CCOCC3)cc2)CC(C)(C)c2c1[nH]c1cc(F)ccc21.CCOC(=O)C1=CN(C(=O)c2ccc(F)cc2)CCc2c1[nH]c1ccccc21.Cc1cc(OCc2c(-c3c(Cl)c[n+]([O-])cc3Cl)noc2C(C)C)ccc1-c1ccc2c(C(=O)O)cn(C)c2c1. The number of carboxylic acids is 1. The molecule has 1 saturated heterocycles. The topological polar surface area (TPSA) is 313 Å². The summed E-state index contributed by atoms with van der Waals surface area (Å²) in [6.45, 7) is 27.5. The summed E-state index contributed by atoms with van der Waals surface area (Å²) in [6.07, 6.45) is 8.45. The van der Waals surface area contributed by atoms with E-state index >= 15 is 0 Å². The van der Waals surface area contributed by atoms with Gasteiger partial charge in [-0.25, -0.2) is 36.7 Å². The standard InChI is InChI=1S/C30H34FN3O5.C29H25Cl2N3O5.C25H24F2N2O3.C22H19FN2O3/c1-19(2)39-29(36)24-16-34(17-30(3,4)26-23-10-7-21(31)15-25(23)32-27(24)26)28(35)20-5-8-22(9-6-20)38-18-33-11-13-37-14-12-33;1-15(2)28-22(27(32-39-28)26-23(30)12-34(37)13-24(26)31)14-38-18-6-8-19(16(3)9-18)17-5-7-20-21(29(35)36)11-33(4)25(20)10-17;1-14(2)32-24(31)17-12-29(23(30)15-9-10-18(26)19(27)11-15)13-25(3,4)21-16-7-5-6-8-20(16)28-22(17)21;1-2-28-22(27)18-13-25(21(26)14-7-9-15(23)10-8-14)12-11-17-16-5-3-4-6-19(16)24-20(17)18/h5-10,15-16,19,32H,11-14,17-18H2,1-4H3;5-13,15H,14H2,1-4H3,(H,35,36);5-12,14,28H,13H2,1-4H3;3-10,13,24H,2,11-12H2,1H3. The van der Waals surface area contributed by atoms with Gasteiger partial charge in [0.05, 0.1) is 82.5 Å². The lowest BCUT2D eigenvalue weighted by molar-refractivity contribution is -0.605. The Kier molecular flexibility index (Phi) is 29.2. The van der Waals surface area contributed by atoms with Gasteiger partial charge in [0.2, 0.25) is 0 Å². The van der Waals surface area contributed by atoms with Crippen LogP contribution in [0.2, 0.25) is 10.0 Å². The molecular weight excluding hydrogens is 1820 g/mol. The predicted molar refractivity (Wildman–Crippen MR) is 517 cm³/mol. The van der Waals surface area contributed by atoms with Crippen molar-refractivity contribution in [1.82, 2.24) is 44.3 Å². The molecule has 10 heterocycles. The van der Waals surface area contributed by atoms with E-state index in [-0.39, 0.29) is 87.8 Å². The first-order valence-electron chi connectivity index (χ1n) is 44.9. The van der Waals surface area contributed by atoms with Crippen molar-refractivity contribution in [2.24, 2.45) is 7.05 Å². The van der Waals surface area contributed by atoms with Crippen LogP contribution in [0.15, 0.2) is 212 Å². The molecule has 4 aliphatic heterocycles. The number of halogens is 6. The van der Waals surface area contributed by atoms with Crippen LogP contribution >= 0.6 is 23.2 Å². The molecule has 3 amide bonds. The number of nitrogens with one attached hydrogen (secondary N) is 3. The number of nitrogens with zero attached hydrogens (tertiary/aromatic N) is 7. The first kappa shape index (κ1) is 97.9. The van der Waals surface area contributed by atoms with Crippen molar-refractivity contribution in [2.75, 3.05) is 59.3 Å². The van der Waals surface area contributed by atoms with Crippen molar-refractivity contribution in [3.8, 4) is 33.9 Å². The molecule has 6 aromatic heterocycles. The van der Waals surface area contributed by atoms with Crippen LogP contribution in [0.3, 0.4) is 0 Å². The average Bonchev–Trinajstić information content (AvgIpc) is 1.58. The maximum atomic E-state index is 14.0. The number of aromatic nitrogens is 6. The largest absolute Gasteiger partial charge is 0.619 e. The quantitative estimate of drug-likeness (QED) is 0.0192. The molecule has 18 rings (SSSR count). The number of hydrogen-bond acceptors (Lipinski definition) is 17. The van der Waals surface area contributed by atoms with E-state index < -0.39 is 58.1 Å². The van der Waals surface area contributed by atoms with Crippen LogP contribution in [-0.4, -0.2) is 162 Å². The van der Waals surface area contributed by atoms with Gasteiger partial charge in [-0.3, -0.25) is 19.3 Å². The Bertz CT molecular complexity index is 7140. The van der Waals surface area contributed by atoms with Gasteiger partial charge in [0.1, 0.15) is 58.0 Å². The van der Waals surface area contributed by atoms with Crippen LogP contribution in [0.4, 0.5) is 17.6 Å². The average molecular weight is 1920 g/mol. The van der Waals surface area contributed by atoms with Gasteiger partial charge in [0, 0.05) is 142 Å². The molecule has 4 N–H and O–H groups in total. The van der Waals surface area contributed by atoms with Gasteiger partial charge in [0.15, 0.2) is 24.0 Å². The van der Waals surface area contributed by atoms with E-state index in [1.54, 1.807) is 82.2 Å². The van der Waals surface area contributed by atoms with Crippen molar-refractivity contribution >= 4 is 125 Å². The first-order valence-corrected chi connectivity index (χ1v) is 45.7. The highest BCUT2D eigenvalue weighted by Crippen LogP contribution is 2.45. The maximum absolute atomic E-state index is 14.0. The summed E-state index contributed by atoms with van der Waals surface area (Å²) < 4.78 is 96.1. The Morgan fingerprint density at radius 2 is 1.10 bits per heavy atom. The molecule has 0 spiro atoms. The maximum Gasteiger partial charge on any atom is 0.342 e. The fourth-order valence-corrected chi connectivity index (χ4v) is 18.2. The van der Waals surface area contributed by atoms with Crippen LogP contribution in [-0.2, 0) is 64.2 Å². The number of benzene rings is 8. The summed E-state index contributed by atoms with van der Waals surface area (Å²) in [5, 5.41) is 29.2. The molecule has 0 radical (unpaired) electrons. The van der Waals surface area contributed by atoms with Crippen molar-refractivity contribution in [3.05, 3.63) is 318 Å². The van der Waals surface area contributed by atoms with Gasteiger partial charge in [-0.2, -0.15) is 4.73 Å². The van der Waals surface area contributed by atoms with Crippen LogP contribution in [0.5, 0.6) is 11.5 Å². The molecule has 138 heavy (non-hydrogen) atoms. The number of pyridine rings is 1. The molecule has 8 aromatic carbocycles. The minimum atomic E-state index is -1.11. The van der Waals surface area contributed by atoms with Crippen LogP contribution in [0.1, 0.15) is 174 Å². The highest BCUT2D eigenvalue weighted by molar-refractivity contribution is 6.38. The number of aromatic carboxylic acids is 1. The molecule has 32 heteroatoms. The van der Waals surface area contributed by atoms with Crippen molar-refractivity contribution < 1.29 is 93.9 Å². The van der Waals surface area contributed by atoms with Gasteiger partial charge >= 0.3 is 23.9 Å². The number of rotatable bonds is 19. The summed E-state index contributed by atoms with van der Waals surface area (Å²) in [4.78, 5) is 107. The van der Waals surface area contributed by atoms with E-state index in [9.17, 15) is 61.4 Å². The van der Waals surface area contributed by atoms with Crippen LogP contribution in [0.25, 0.3) is 82.7 Å². The molecule has 26 nitrogen and oxygen atoms in total. The highest BCUT2D eigenvalue weighted by Gasteiger charge is 2.41. The first-order chi connectivity index (χ1) is 65.8. The molecule has 0 bridgehead atoms. The molecule has 1 fully saturated rings. The zero-order chi connectivity index (χ0) is 98.6. The second-order valence-corrected chi connectivity index (χ2v) is 36.8. The number of para-hydroxylation sites is 2. The van der Waals surface area contributed by atoms with Crippen LogP contribution < -0.4 is 14.2 Å². The number of ether oxygens (including phenoxy) is 6. The number of aromatic amines is 3. The lowest BCUT2D eigenvalue weighted by Crippen LogP contribution is -2.38.